The molecular formula is C27H34N4O. The lowest BCUT2D eigenvalue weighted by Crippen LogP contribution is -2.46. The molecule has 1 amide bonds. The Balaban J connectivity index is 1.57. The number of amides is 1. The van der Waals surface area contributed by atoms with Crippen LogP contribution in [0.3, 0.4) is 0 Å². The molecule has 2 aromatic carbocycles. The highest BCUT2D eigenvalue weighted by molar-refractivity contribution is 6.04. The third-order valence-corrected chi connectivity index (χ3v) is 7.25. The molecule has 0 unspecified atom stereocenters. The van der Waals surface area contributed by atoms with Crippen LogP contribution in [-0.4, -0.2) is 41.6 Å². The van der Waals surface area contributed by atoms with Crippen LogP contribution in [0.1, 0.15) is 45.6 Å². The second kappa shape index (κ2) is 8.62. The summed E-state index contributed by atoms with van der Waals surface area (Å²) in [5.74, 6) is 0.925. The van der Waals surface area contributed by atoms with E-state index >= 15 is 0 Å². The molecule has 0 bridgehead atoms. The van der Waals surface area contributed by atoms with E-state index in [-0.39, 0.29) is 5.91 Å². The van der Waals surface area contributed by atoms with Gasteiger partial charge in [0.15, 0.2) is 0 Å². The fraction of sp³-hybridized carbons (Fsp3) is 0.444. The molecule has 2 N–H and O–H groups in total. The van der Waals surface area contributed by atoms with Gasteiger partial charge in [0, 0.05) is 55.9 Å². The maximum absolute atomic E-state index is 13.4. The summed E-state index contributed by atoms with van der Waals surface area (Å²) in [5.41, 5.74) is 8.28. The van der Waals surface area contributed by atoms with Crippen molar-refractivity contribution in [2.45, 2.75) is 46.7 Å². The molecule has 0 spiro atoms. The number of benzene rings is 2. The Labute approximate surface area is 190 Å². The Hall–Kier alpha value is -2.79. The zero-order valence-electron chi connectivity index (χ0n) is 19.5. The molecular weight excluding hydrogens is 396 g/mol. The summed E-state index contributed by atoms with van der Waals surface area (Å²) in [6, 6.07) is 12.7. The van der Waals surface area contributed by atoms with Crippen LogP contribution in [0.15, 0.2) is 36.4 Å². The highest BCUT2D eigenvalue weighted by atomic mass is 16.2. The fourth-order valence-electron chi connectivity index (χ4n) is 4.87. The summed E-state index contributed by atoms with van der Waals surface area (Å²) in [6.07, 6.45) is 2.65. The molecule has 2 aliphatic rings. The maximum Gasteiger partial charge on any atom is 0.254 e. The number of fused-ring (bicyclic) bond motifs is 1. The molecule has 5 nitrogen and oxygen atoms in total. The summed E-state index contributed by atoms with van der Waals surface area (Å²) in [6.45, 7) is 11.7. The molecule has 1 aliphatic heterocycles. The summed E-state index contributed by atoms with van der Waals surface area (Å²) in [4.78, 5) is 15.4. The Kier molecular flexibility index (Phi) is 5.68. The van der Waals surface area contributed by atoms with Crippen LogP contribution in [-0.2, 0) is 13.1 Å². The van der Waals surface area contributed by atoms with Crippen LogP contribution >= 0.6 is 0 Å². The number of nitrogens with one attached hydrogen (secondary N) is 2. The van der Waals surface area contributed by atoms with Crippen molar-refractivity contribution in [2.75, 3.05) is 31.5 Å². The van der Waals surface area contributed by atoms with Gasteiger partial charge in [-0.05, 0) is 68.4 Å². The molecule has 2 fully saturated rings. The molecule has 0 atom stereocenters. The molecule has 5 heteroatoms. The lowest BCUT2D eigenvalue weighted by Gasteiger charge is -2.27. The molecule has 5 rings (SSSR count). The van der Waals surface area contributed by atoms with Crippen molar-refractivity contribution in [3.05, 3.63) is 64.3 Å². The first-order valence-corrected chi connectivity index (χ1v) is 11.9. The van der Waals surface area contributed by atoms with Gasteiger partial charge in [0.2, 0.25) is 0 Å². The van der Waals surface area contributed by atoms with Crippen LogP contribution in [0.2, 0.25) is 0 Å². The number of nitrogens with zero attached hydrogens (tertiary/aromatic N) is 2. The smallest absolute Gasteiger partial charge is 0.254 e. The highest BCUT2D eigenvalue weighted by Gasteiger charge is 2.26. The predicted octanol–water partition coefficient (Wildman–Crippen LogP) is 4.63. The van der Waals surface area contributed by atoms with Crippen molar-refractivity contribution < 1.29 is 4.79 Å². The summed E-state index contributed by atoms with van der Waals surface area (Å²) < 4.78 is 2.49. The number of hydrogen-bond acceptors (Lipinski definition) is 3. The minimum atomic E-state index is 0.138. The molecule has 3 aromatic rings. The topological polar surface area (TPSA) is 49.3 Å². The molecule has 2 heterocycles. The maximum atomic E-state index is 13.4. The van der Waals surface area contributed by atoms with Crippen LogP contribution in [0.5, 0.6) is 0 Å². The molecule has 1 saturated carbocycles. The number of carbonyl (C=O) groups excluding carboxylic acids is 1. The number of carbonyl (C=O) groups is 1. The van der Waals surface area contributed by atoms with Gasteiger partial charge in [-0.15, -0.1) is 0 Å². The van der Waals surface area contributed by atoms with Crippen LogP contribution in [0.4, 0.5) is 5.69 Å². The second-order valence-electron chi connectivity index (χ2n) is 9.51. The Bertz CT molecular complexity index is 1150. The quantitative estimate of drug-likeness (QED) is 0.599. The number of hydrogen-bond donors (Lipinski definition) is 2. The zero-order valence-corrected chi connectivity index (χ0v) is 19.5. The van der Waals surface area contributed by atoms with Crippen LogP contribution < -0.4 is 10.6 Å². The zero-order chi connectivity index (χ0) is 22.2. The Morgan fingerprint density at radius 3 is 2.56 bits per heavy atom. The van der Waals surface area contributed by atoms with Gasteiger partial charge >= 0.3 is 0 Å². The van der Waals surface area contributed by atoms with Gasteiger partial charge in [0.1, 0.15) is 0 Å². The average molecular weight is 431 g/mol. The minimum absolute atomic E-state index is 0.138. The van der Waals surface area contributed by atoms with E-state index in [2.05, 4.69) is 72.4 Å². The van der Waals surface area contributed by atoms with Crippen molar-refractivity contribution in [2.24, 2.45) is 5.92 Å². The molecule has 1 saturated heterocycles. The molecule has 1 aliphatic carbocycles. The lowest BCUT2D eigenvalue weighted by molar-refractivity contribution is 0.0736. The first-order valence-electron chi connectivity index (χ1n) is 11.9. The van der Waals surface area contributed by atoms with E-state index in [1.807, 2.05) is 4.90 Å². The van der Waals surface area contributed by atoms with Gasteiger partial charge in [-0.2, -0.15) is 0 Å². The molecule has 1 aromatic heterocycles. The Morgan fingerprint density at radius 2 is 1.84 bits per heavy atom. The van der Waals surface area contributed by atoms with E-state index < -0.39 is 0 Å². The van der Waals surface area contributed by atoms with Gasteiger partial charge in [-0.1, -0.05) is 24.3 Å². The Morgan fingerprint density at radius 1 is 1.09 bits per heavy atom. The predicted molar refractivity (Wildman–Crippen MR) is 131 cm³/mol. The third kappa shape index (κ3) is 4.02. The van der Waals surface area contributed by atoms with E-state index in [0.717, 1.165) is 56.4 Å². The van der Waals surface area contributed by atoms with Crippen molar-refractivity contribution in [3.8, 4) is 0 Å². The van der Waals surface area contributed by atoms with Gasteiger partial charge < -0.3 is 20.1 Å². The van der Waals surface area contributed by atoms with E-state index in [1.54, 1.807) is 0 Å². The van der Waals surface area contributed by atoms with E-state index in [0.29, 0.717) is 0 Å². The van der Waals surface area contributed by atoms with E-state index in [9.17, 15) is 4.79 Å². The minimum Gasteiger partial charge on any atom is -0.379 e. The largest absolute Gasteiger partial charge is 0.379 e. The number of aromatic nitrogens is 1. The van der Waals surface area contributed by atoms with Crippen molar-refractivity contribution in [1.29, 1.82) is 0 Å². The van der Waals surface area contributed by atoms with Gasteiger partial charge in [-0.25, -0.2) is 0 Å². The summed E-state index contributed by atoms with van der Waals surface area (Å²) in [5, 5.41) is 8.26. The van der Waals surface area contributed by atoms with Crippen molar-refractivity contribution in [3.63, 3.8) is 0 Å². The van der Waals surface area contributed by atoms with Crippen LogP contribution in [0.25, 0.3) is 10.9 Å². The van der Waals surface area contributed by atoms with Crippen molar-refractivity contribution >= 4 is 22.5 Å². The van der Waals surface area contributed by atoms with Crippen molar-refractivity contribution in [1.82, 2.24) is 14.8 Å². The van der Waals surface area contributed by atoms with E-state index in [4.69, 9.17) is 0 Å². The monoisotopic (exact) mass is 430 g/mol. The SMILES string of the molecule is Cc1ccccc1CNc1cc(C(=O)N2CCNCC2)cc2c(C)c(C)n(CC3CC3)c12. The fourth-order valence-corrected chi connectivity index (χ4v) is 4.87. The highest BCUT2D eigenvalue weighted by Crippen LogP contribution is 2.38. The normalized spacial score (nSPS) is 16.5. The third-order valence-electron chi connectivity index (χ3n) is 7.25. The van der Waals surface area contributed by atoms with Crippen LogP contribution in [0, 0.1) is 26.7 Å². The number of piperazine rings is 1. The van der Waals surface area contributed by atoms with E-state index in [1.165, 1.54) is 46.1 Å². The first kappa shape index (κ1) is 21.1. The molecule has 0 radical (unpaired) electrons. The summed E-state index contributed by atoms with van der Waals surface area (Å²) in [7, 11) is 0. The number of aryl methyl sites for hydroxylation is 2. The van der Waals surface area contributed by atoms with Gasteiger partial charge in [-0.3, -0.25) is 4.79 Å². The molecule has 168 valence electrons. The first-order chi connectivity index (χ1) is 15.5. The summed E-state index contributed by atoms with van der Waals surface area (Å²) >= 11 is 0. The lowest BCUT2D eigenvalue weighted by atomic mass is 10.0. The average Bonchev–Trinajstić information content (AvgIpc) is 3.61. The number of anilines is 1. The molecule has 32 heavy (non-hydrogen) atoms. The number of rotatable bonds is 6. The standard InChI is InChI=1S/C27H34N4O/c1-18-6-4-5-7-22(18)16-29-25-15-23(27(32)30-12-10-28-11-13-30)14-24-19(2)20(3)31(26(24)25)17-21-8-9-21/h4-7,14-15,21,28-29H,8-13,16-17H2,1-3H3. The van der Waals surface area contributed by atoms with Gasteiger partial charge in [0.25, 0.3) is 5.91 Å². The van der Waals surface area contributed by atoms with Gasteiger partial charge in [0.05, 0.1) is 11.2 Å². The second-order valence-corrected chi connectivity index (χ2v) is 9.51.